The average Bonchev–Trinajstić information content (AvgIpc) is 2.68. The number of fused-ring (bicyclic) bond motifs is 1. The van der Waals surface area contributed by atoms with E-state index >= 15 is 0 Å². The monoisotopic (exact) mass is 415 g/mol. The number of benzene rings is 2. The quantitative estimate of drug-likeness (QED) is 0.449. The van der Waals surface area contributed by atoms with Crippen LogP contribution in [0, 0.1) is 0 Å². The Labute approximate surface area is 171 Å². The summed E-state index contributed by atoms with van der Waals surface area (Å²) < 4.78 is 1.29. The minimum absolute atomic E-state index is 0.130. The molecule has 0 saturated heterocycles. The van der Waals surface area contributed by atoms with E-state index in [9.17, 15) is 9.59 Å². The van der Waals surface area contributed by atoms with E-state index in [0.717, 1.165) is 0 Å². The summed E-state index contributed by atoms with van der Waals surface area (Å²) in [5.41, 5.74) is 5.75. The Morgan fingerprint density at radius 1 is 1.07 bits per heavy atom. The minimum Gasteiger partial charge on any atom is -0.331 e. The van der Waals surface area contributed by atoms with Gasteiger partial charge in [0.05, 0.1) is 11.4 Å². The lowest BCUT2D eigenvalue weighted by molar-refractivity contribution is 0.0938. The molecule has 0 aliphatic heterocycles. The first-order valence-electron chi connectivity index (χ1n) is 8.51. The molecular weight excluding hydrogens is 398 g/mol. The Hall–Kier alpha value is -2.97. The van der Waals surface area contributed by atoms with E-state index in [1.54, 1.807) is 48.5 Å². The number of halogens is 1. The number of aromatic nitrogens is 2. The number of thiocarbonyl (C=S) groups is 1. The van der Waals surface area contributed by atoms with Gasteiger partial charge >= 0.3 is 0 Å². The SMILES string of the molecule is CC(C)n1nc(C(=O)NNC(=S)Nc2ccc(Cl)cc2)c2ccccc2c1=O. The molecule has 0 bridgehead atoms. The standard InChI is InChI=1S/C19H18ClN5O2S/c1-11(2)25-18(27)15-6-4-3-5-14(15)16(24-25)17(26)22-23-19(28)21-13-9-7-12(20)8-10-13/h3-11H,1-2H3,(H,22,26)(H2,21,23,28). The predicted octanol–water partition coefficient (Wildman–Crippen LogP) is 3.26. The lowest BCUT2D eigenvalue weighted by Crippen LogP contribution is -2.44. The second-order valence-corrected chi connectivity index (χ2v) is 7.12. The van der Waals surface area contributed by atoms with Gasteiger partial charge in [-0.3, -0.25) is 20.4 Å². The van der Waals surface area contributed by atoms with Gasteiger partial charge in [-0.2, -0.15) is 5.10 Å². The van der Waals surface area contributed by atoms with E-state index in [1.165, 1.54) is 4.68 Å². The third kappa shape index (κ3) is 4.29. The molecule has 28 heavy (non-hydrogen) atoms. The Balaban J connectivity index is 1.79. The number of carbonyl (C=O) groups is 1. The van der Waals surface area contributed by atoms with E-state index < -0.39 is 5.91 Å². The topological polar surface area (TPSA) is 88.1 Å². The summed E-state index contributed by atoms with van der Waals surface area (Å²) in [6.45, 7) is 3.66. The highest BCUT2D eigenvalue weighted by Crippen LogP contribution is 2.15. The summed E-state index contributed by atoms with van der Waals surface area (Å²) in [5, 5.41) is 8.87. The van der Waals surface area contributed by atoms with E-state index in [0.29, 0.717) is 21.5 Å². The van der Waals surface area contributed by atoms with Gasteiger partial charge in [0, 0.05) is 16.1 Å². The van der Waals surface area contributed by atoms with Crippen LogP contribution < -0.4 is 21.7 Å². The van der Waals surface area contributed by atoms with Gasteiger partial charge in [-0.05, 0) is 56.4 Å². The van der Waals surface area contributed by atoms with E-state index in [4.69, 9.17) is 23.8 Å². The van der Waals surface area contributed by atoms with Crippen LogP contribution in [-0.2, 0) is 0 Å². The van der Waals surface area contributed by atoms with Gasteiger partial charge in [0.15, 0.2) is 10.8 Å². The van der Waals surface area contributed by atoms with Crippen LogP contribution >= 0.6 is 23.8 Å². The van der Waals surface area contributed by atoms with Crippen molar-refractivity contribution in [1.82, 2.24) is 20.6 Å². The Morgan fingerprint density at radius 2 is 1.71 bits per heavy atom. The number of carbonyl (C=O) groups excluding carboxylic acids is 1. The van der Waals surface area contributed by atoms with Gasteiger partial charge in [-0.1, -0.05) is 29.8 Å². The minimum atomic E-state index is -0.508. The molecule has 3 N–H and O–H groups in total. The van der Waals surface area contributed by atoms with Crippen LogP contribution in [-0.4, -0.2) is 20.8 Å². The van der Waals surface area contributed by atoms with Gasteiger partial charge in [0.25, 0.3) is 11.5 Å². The van der Waals surface area contributed by atoms with Gasteiger partial charge in [0.2, 0.25) is 0 Å². The Morgan fingerprint density at radius 3 is 2.36 bits per heavy atom. The third-order valence-corrected chi connectivity index (χ3v) is 4.38. The normalized spacial score (nSPS) is 10.7. The predicted molar refractivity (Wildman–Crippen MR) is 115 cm³/mol. The molecule has 1 heterocycles. The lowest BCUT2D eigenvalue weighted by Gasteiger charge is -2.15. The Bertz CT molecular complexity index is 1100. The summed E-state index contributed by atoms with van der Waals surface area (Å²) in [4.78, 5) is 25.2. The number of amides is 1. The van der Waals surface area contributed by atoms with Crippen molar-refractivity contribution < 1.29 is 4.79 Å². The highest BCUT2D eigenvalue weighted by Gasteiger charge is 2.17. The number of hydrogen-bond donors (Lipinski definition) is 3. The molecule has 2 aromatic carbocycles. The number of anilines is 1. The number of hydrogen-bond acceptors (Lipinski definition) is 4. The van der Waals surface area contributed by atoms with Crippen LogP contribution in [0.1, 0.15) is 30.4 Å². The largest absolute Gasteiger partial charge is 0.331 e. The molecule has 0 spiro atoms. The highest BCUT2D eigenvalue weighted by atomic mass is 35.5. The van der Waals surface area contributed by atoms with Crippen molar-refractivity contribution in [3.8, 4) is 0 Å². The fourth-order valence-electron chi connectivity index (χ4n) is 2.59. The first-order valence-corrected chi connectivity index (χ1v) is 9.30. The van der Waals surface area contributed by atoms with E-state index in [-0.39, 0.29) is 22.4 Å². The second kappa shape index (κ2) is 8.37. The molecule has 1 aromatic heterocycles. The van der Waals surface area contributed by atoms with Gasteiger partial charge in [-0.15, -0.1) is 0 Å². The van der Waals surface area contributed by atoms with Gasteiger partial charge in [0.1, 0.15) is 0 Å². The summed E-state index contributed by atoms with van der Waals surface area (Å²) >= 11 is 11.0. The van der Waals surface area contributed by atoms with Gasteiger partial charge in [-0.25, -0.2) is 4.68 Å². The van der Waals surface area contributed by atoms with Crippen molar-refractivity contribution in [3.05, 3.63) is 69.6 Å². The summed E-state index contributed by atoms with van der Waals surface area (Å²) in [6.07, 6.45) is 0. The van der Waals surface area contributed by atoms with Crippen molar-refractivity contribution in [2.45, 2.75) is 19.9 Å². The van der Waals surface area contributed by atoms with Gasteiger partial charge < -0.3 is 5.32 Å². The molecule has 0 radical (unpaired) electrons. The zero-order valence-electron chi connectivity index (χ0n) is 15.2. The molecule has 3 aromatic rings. The van der Waals surface area contributed by atoms with Crippen molar-refractivity contribution >= 4 is 51.3 Å². The van der Waals surface area contributed by atoms with Crippen molar-refractivity contribution in [2.75, 3.05) is 5.32 Å². The molecule has 1 amide bonds. The van der Waals surface area contributed by atoms with Crippen molar-refractivity contribution in [1.29, 1.82) is 0 Å². The zero-order valence-corrected chi connectivity index (χ0v) is 16.8. The molecule has 7 nitrogen and oxygen atoms in total. The second-order valence-electron chi connectivity index (χ2n) is 6.28. The fraction of sp³-hybridized carbons (Fsp3) is 0.158. The molecule has 0 atom stereocenters. The van der Waals surface area contributed by atoms with E-state index in [2.05, 4.69) is 21.3 Å². The van der Waals surface area contributed by atoms with Crippen LogP contribution in [0.3, 0.4) is 0 Å². The number of hydrazine groups is 1. The summed E-state index contributed by atoms with van der Waals surface area (Å²) in [7, 11) is 0. The molecule has 9 heteroatoms. The van der Waals surface area contributed by atoms with Crippen LogP contribution in [0.2, 0.25) is 5.02 Å². The third-order valence-electron chi connectivity index (χ3n) is 3.92. The maximum absolute atomic E-state index is 12.7. The van der Waals surface area contributed by atoms with Crippen LogP contribution in [0.5, 0.6) is 0 Å². The molecule has 0 saturated carbocycles. The average molecular weight is 416 g/mol. The maximum atomic E-state index is 12.7. The summed E-state index contributed by atoms with van der Waals surface area (Å²) in [6, 6.07) is 13.6. The number of rotatable bonds is 3. The lowest BCUT2D eigenvalue weighted by atomic mass is 10.1. The summed E-state index contributed by atoms with van der Waals surface area (Å²) in [5.74, 6) is -0.508. The van der Waals surface area contributed by atoms with Crippen LogP contribution in [0.4, 0.5) is 5.69 Å². The van der Waals surface area contributed by atoms with Crippen LogP contribution in [0.25, 0.3) is 10.8 Å². The van der Waals surface area contributed by atoms with Crippen molar-refractivity contribution in [2.24, 2.45) is 0 Å². The van der Waals surface area contributed by atoms with E-state index in [1.807, 2.05) is 13.8 Å². The zero-order chi connectivity index (χ0) is 20.3. The molecule has 0 aliphatic carbocycles. The smallest absolute Gasteiger partial charge is 0.290 e. The first-order chi connectivity index (χ1) is 13.4. The number of nitrogens with one attached hydrogen (secondary N) is 3. The molecule has 0 unspecified atom stereocenters. The molecule has 0 fully saturated rings. The first kappa shape index (κ1) is 19.8. The molecule has 0 aliphatic rings. The number of nitrogens with zero attached hydrogens (tertiary/aromatic N) is 2. The van der Waals surface area contributed by atoms with Crippen molar-refractivity contribution in [3.63, 3.8) is 0 Å². The molecular formula is C19H18ClN5O2S. The molecule has 144 valence electrons. The fourth-order valence-corrected chi connectivity index (χ4v) is 2.89. The molecule has 3 rings (SSSR count). The van der Waals surface area contributed by atoms with Crippen LogP contribution in [0.15, 0.2) is 53.3 Å². The Kier molecular flexibility index (Phi) is 5.91. The maximum Gasteiger partial charge on any atom is 0.290 e. The highest BCUT2D eigenvalue weighted by molar-refractivity contribution is 7.80.